The molecule has 0 aliphatic rings. The summed E-state index contributed by atoms with van der Waals surface area (Å²) >= 11 is 5.78. The molecule has 2 aromatic carbocycles. The highest BCUT2D eigenvalue weighted by atomic mass is 35.5. The van der Waals surface area contributed by atoms with E-state index >= 15 is 0 Å². The fraction of sp³-hybridized carbons (Fsp3) is 0.111. The molecule has 0 saturated heterocycles. The second kappa shape index (κ2) is 6.94. The maximum Gasteiger partial charge on any atom is 0.341 e. The van der Waals surface area contributed by atoms with Gasteiger partial charge in [0.2, 0.25) is 0 Å². The van der Waals surface area contributed by atoms with E-state index < -0.39 is 11.8 Å². The van der Waals surface area contributed by atoms with Crippen molar-refractivity contribution in [1.82, 2.24) is 4.98 Å². The van der Waals surface area contributed by atoms with Crippen LogP contribution in [0.4, 0.5) is 15.8 Å². The van der Waals surface area contributed by atoms with Gasteiger partial charge in [0.05, 0.1) is 25.4 Å². The maximum atomic E-state index is 14.1. The van der Waals surface area contributed by atoms with Crippen molar-refractivity contribution in [2.45, 2.75) is 0 Å². The van der Waals surface area contributed by atoms with E-state index in [1.54, 1.807) is 30.5 Å². The highest BCUT2D eigenvalue weighted by molar-refractivity contribution is 6.30. The van der Waals surface area contributed by atoms with Crippen LogP contribution in [0.25, 0.3) is 10.9 Å². The molecule has 128 valence electrons. The van der Waals surface area contributed by atoms with Crippen LogP contribution < -0.4 is 10.1 Å². The van der Waals surface area contributed by atoms with Crippen LogP contribution in [0.15, 0.2) is 42.6 Å². The van der Waals surface area contributed by atoms with Gasteiger partial charge in [-0.2, -0.15) is 0 Å². The lowest BCUT2D eigenvalue weighted by molar-refractivity contribution is 0.0597. The molecule has 1 N–H and O–H groups in total. The molecular weight excluding hydrogens is 347 g/mol. The van der Waals surface area contributed by atoms with Crippen LogP contribution in [-0.2, 0) is 4.74 Å². The summed E-state index contributed by atoms with van der Waals surface area (Å²) in [5, 5.41) is 3.93. The number of fused-ring (bicyclic) bond motifs is 1. The number of carbonyl (C=O) groups is 1. The van der Waals surface area contributed by atoms with Gasteiger partial charge in [-0.1, -0.05) is 11.6 Å². The minimum absolute atomic E-state index is 0.255. The van der Waals surface area contributed by atoms with Gasteiger partial charge < -0.3 is 14.8 Å². The third-order valence-electron chi connectivity index (χ3n) is 3.67. The van der Waals surface area contributed by atoms with Crippen molar-refractivity contribution in [3.05, 3.63) is 59.0 Å². The van der Waals surface area contributed by atoms with E-state index in [4.69, 9.17) is 21.1 Å². The lowest BCUT2D eigenvalue weighted by Gasteiger charge is -2.13. The third-order valence-corrected chi connectivity index (χ3v) is 3.90. The number of ether oxygens (including phenoxy) is 2. The molecule has 0 bridgehead atoms. The van der Waals surface area contributed by atoms with Gasteiger partial charge in [-0.3, -0.25) is 4.98 Å². The number of methoxy groups -OCH3 is 2. The zero-order valence-corrected chi connectivity index (χ0v) is 14.2. The number of aromatic nitrogens is 1. The average molecular weight is 361 g/mol. The molecule has 0 unspecified atom stereocenters. The van der Waals surface area contributed by atoms with Crippen LogP contribution >= 0.6 is 11.6 Å². The monoisotopic (exact) mass is 360 g/mol. The summed E-state index contributed by atoms with van der Waals surface area (Å²) < 4.78 is 24.1. The Balaban J connectivity index is 2.13. The Morgan fingerprint density at radius 1 is 1.16 bits per heavy atom. The zero-order valence-electron chi connectivity index (χ0n) is 13.5. The number of esters is 1. The summed E-state index contributed by atoms with van der Waals surface area (Å²) in [7, 11) is 2.75. The van der Waals surface area contributed by atoms with Gasteiger partial charge >= 0.3 is 5.97 Å². The van der Waals surface area contributed by atoms with Crippen molar-refractivity contribution in [2.75, 3.05) is 19.5 Å². The Morgan fingerprint density at radius 3 is 2.64 bits per heavy atom. The molecule has 0 aliphatic carbocycles. The van der Waals surface area contributed by atoms with Crippen LogP contribution in [0.2, 0.25) is 5.02 Å². The fourth-order valence-electron chi connectivity index (χ4n) is 2.46. The summed E-state index contributed by atoms with van der Waals surface area (Å²) in [6.45, 7) is 0. The number of pyridine rings is 1. The Bertz CT molecular complexity index is 962. The number of anilines is 2. The van der Waals surface area contributed by atoms with E-state index in [2.05, 4.69) is 10.3 Å². The predicted octanol–water partition coefficient (Wildman–Crippen LogP) is 4.57. The Kier molecular flexibility index (Phi) is 4.72. The summed E-state index contributed by atoms with van der Waals surface area (Å²) in [5.41, 5.74) is 1.68. The first-order chi connectivity index (χ1) is 12.0. The summed E-state index contributed by atoms with van der Waals surface area (Å²) in [6.07, 6.45) is 1.58. The smallest absolute Gasteiger partial charge is 0.341 e. The van der Waals surface area contributed by atoms with Gasteiger partial charge in [-0.15, -0.1) is 0 Å². The lowest BCUT2D eigenvalue weighted by atomic mass is 10.1. The SMILES string of the molecule is COC(=O)c1cc2c(Nc3ccc(Cl)cc3F)ccnc2cc1OC. The zero-order chi connectivity index (χ0) is 18.0. The van der Waals surface area contributed by atoms with Crippen molar-refractivity contribution in [3.63, 3.8) is 0 Å². The number of nitrogens with zero attached hydrogens (tertiary/aromatic N) is 1. The predicted molar refractivity (Wildman–Crippen MR) is 94.3 cm³/mol. The number of hydrogen-bond acceptors (Lipinski definition) is 5. The molecule has 0 radical (unpaired) electrons. The Hall–Kier alpha value is -2.86. The van der Waals surface area contributed by atoms with Crippen LogP contribution in [-0.4, -0.2) is 25.2 Å². The van der Waals surface area contributed by atoms with Crippen molar-refractivity contribution in [3.8, 4) is 5.75 Å². The molecule has 0 spiro atoms. The van der Waals surface area contributed by atoms with Crippen molar-refractivity contribution < 1.29 is 18.7 Å². The molecular formula is C18H14ClFN2O3. The molecule has 0 amide bonds. The number of halogens is 2. The van der Waals surface area contributed by atoms with E-state index in [-0.39, 0.29) is 11.3 Å². The quantitative estimate of drug-likeness (QED) is 0.691. The first kappa shape index (κ1) is 17.0. The number of hydrogen-bond donors (Lipinski definition) is 1. The summed E-state index contributed by atoms with van der Waals surface area (Å²) in [4.78, 5) is 16.2. The summed E-state index contributed by atoms with van der Waals surface area (Å²) in [5.74, 6) is -0.674. The van der Waals surface area contributed by atoms with Gasteiger partial charge in [-0.25, -0.2) is 9.18 Å². The molecule has 7 heteroatoms. The standard InChI is InChI=1S/C18H14ClFN2O3/c1-24-17-9-16-11(8-12(17)18(23)25-2)14(5-6-21-16)22-15-4-3-10(19)7-13(15)20/h3-9H,1-2H3,(H,21,22). The van der Waals surface area contributed by atoms with Crippen LogP contribution in [0, 0.1) is 5.82 Å². The first-order valence-electron chi connectivity index (χ1n) is 7.30. The molecule has 0 atom stereocenters. The highest BCUT2D eigenvalue weighted by Crippen LogP contribution is 2.32. The molecule has 25 heavy (non-hydrogen) atoms. The van der Waals surface area contributed by atoms with Gasteiger partial charge in [-0.05, 0) is 30.3 Å². The number of carbonyl (C=O) groups excluding carboxylic acids is 1. The minimum atomic E-state index is -0.536. The van der Waals surface area contributed by atoms with Crippen molar-refractivity contribution in [2.24, 2.45) is 0 Å². The highest BCUT2D eigenvalue weighted by Gasteiger charge is 2.16. The van der Waals surface area contributed by atoms with Gasteiger partial charge in [0.1, 0.15) is 17.1 Å². The fourth-order valence-corrected chi connectivity index (χ4v) is 2.62. The number of benzene rings is 2. The van der Waals surface area contributed by atoms with Crippen molar-refractivity contribution >= 4 is 39.8 Å². The van der Waals surface area contributed by atoms with Crippen LogP contribution in [0.1, 0.15) is 10.4 Å². The maximum absolute atomic E-state index is 14.1. The molecule has 0 fully saturated rings. The van der Waals surface area contributed by atoms with E-state index in [1.807, 2.05) is 0 Å². The molecule has 5 nitrogen and oxygen atoms in total. The largest absolute Gasteiger partial charge is 0.496 e. The normalized spacial score (nSPS) is 10.6. The molecule has 1 heterocycles. The molecule has 0 saturated carbocycles. The molecule has 3 aromatic rings. The number of nitrogens with one attached hydrogen (secondary N) is 1. The molecule has 1 aromatic heterocycles. The molecule has 3 rings (SSSR count). The average Bonchev–Trinajstić information content (AvgIpc) is 2.62. The van der Waals surface area contributed by atoms with E-state index in [1.165, 1.54) is 26.4 Å². The molecule has 0 aliphatic heterocycles. The lowest BCUT2D eigenvalue weighted by Crippen LogP contribution is -2.05. The Morgan fingerprint density at radius 2 is 1.96 bits per heavy atom. The van der Waals surface area contributed by atoms with Crippen LogP contribution in [0.5, 0.6) is 5.75 Å². The second-order valence-electron chi connectivity index (χ2n) is 5.17. The second-order valence-corrected chi connectivity index (χ2v) is 5.61. The van der Waals surface area contributed by atoms with Gasteiger partial charge in [0.15, 0.2) is 0 Å². The van der Waals surface area contributed by atoms with E-state index in [0.717, 1.165) is 0 Å². The van der Waals surface area contributed by atoms with Gasteiger partial charge in [0, 0.05) is 28.4 Å². The third kappa shape index (κ3) is 3.34. The summed E-state index contributed by atoms with van der Waals surface area (Å²) in [6, 6.07) is 9.25. The first-order valence-corrected chi connectivity index (χ1v) is 7.68. The minimum Gasteiger partial charge on any atom is -0.496 e. The van der Waals surface area contributed by atoms with Crippen LogP contribution in [0.3, 0.4) is 0 Å². The van der Waals surface area contributed by atoms with Gasteiger partial charge in [0.25, 0.3) is 0 Å². The topological polar surface area (TPSA) is 60.5 Å². The van der Waals surface area contributed by atoms with E-state index in [9.17, 15) is 9.18 Å². The van der Waals surface area contributed by atoms with E-state index in [0.29, 0.717) is 27.4 Å². The number of rotatable bonds is 4. The van der Waals surface area contributed by atoms with Crippen molar-refractivity contribution in [1.29, 1.82) is 0 Å². The Labute approximate surface area is 148 Å².